The molecule has 0 unspecified atom stereocenters. The highest BCUT2D eigenvalue weighted by atomic mass is 32.1. The van der Waals surface area contributed by atoms with Crippen LogP contribution in [0.25, 0.3) is 27.6 Å². The van der Waals surface area contributed by atoms with Gasteiger partial charge in [0.25, 0.3) is 17.7 Å². The molecule has 6 amide bonds. The minimum Gasteiger partial charge on any atom is -0.444 e. The minimum absolute atomic E-state index is 0.0579. The summed E-state index contributed by atoms with van der Waals surface area (Å²) in [5.74, 6) is -3.79. The number of carbonyl (C=O) groups excluding carboxylic acids is 6. The van der Waals surface area contributed by atoms with Gasteiger partial charge in [0, 0.05) is 43.4 Å². The number of rotatable bonds is 25. The second-order valence-corrected chi connectivity index (χ2v) is 20.0. The summed E-state index contributed by atoms with van der Waals surface area (Å²) in [6.45, 7) is 6.76. The fourth-order valence-corrected chi connectivity index (χ4v) is 8.83. The van der Waals surface area contributed by atoms with Crippen LogP contribution in [0.5, 0.6) is 0 Å². The van der Waals surface area contributed by atoms with Crippen LogP contribution in [0, 0.1) is 12.3 Å². The highest BCUT2D eigenvalue weighted by Crippen LogP contribution is 2.29. The normalized spacial score (nSPS) is 14.9. The molecule has 1 saturated heterocycles. The van der Waals surface area contributed by atoms with Gasteiger partial charge in [-0.3, -0.25) is 28.8 Å². The van der Waals surface area contributed by atoms with Gasteiger partial charge in [-0.05, 0) is 59.9 Å². The predicted octanol–water partition coefficient (Wildman–Crippen LogP) is 4.27. The molecule has 1 fully saturated rings. The molecular weight excluding hydrogens is 1060 g/mol. The Bertz CT molecular complexity index is 3090. The fraction of sp³-hybridized carbons (Fsp3) is 0.385. The molecule has 1 aliphatic heterocycles. The van der Waals surface area contributed by atoms with Gasteiger partial charge in [0.15, 0.2) is 11.4 Å². The number of aryl methyl sites for hydroxylation is 1. The predicted molar refractivity (Wildman–Crippen MR) is 281 cm³/mol. The number of hydrogen-bond acceptors (Lipinski definition) is 17. The molecule has 0 bridgehead atoms. The third-order valence-corrected chi connectivity index (χ3v) is 13.0. The number of aromatic nitrogens is 5. The van der Waals surface area contributed by atoms with Crippen molar-refractivity contribution in [2.75, 3.05) is 69.9 Å². The SMILES string of the molecule is Cc1ncsc1-c1ccc(CNC(=O)[C@@H]2C[C@@H](O)CN2C(=O)[C@@H](NC(=O)COCCOCCOCCNC(=O)c2ccc(-n3cc(NC(=O)c4coc(-c5ccnc(NCC(F)(F)F)c5)n4)c(C(N)=O)n3)cc2)C(C)(C)C)cc1. The van der Waals surface area contributed by atoms with Crippen molar-refractivity contribution < 1.29 is 65.7 Å². The van der Waals surface area contributed by atoms with Crippen LogP contribution >= 0.6 is 11.3 Å². The number of amides is 6. The topological polar surface area (TPSA) is 309 Å². The van der Waals surface area contributed by atoms with Crippen LogP contribution < -0.4 is 32.3 Å². The van der Waals surface area contributed by atoms with Crippen molar-refractivity contribution in [3.63, 3.8) is 0 Å². The van der Waals surface area contributed by atoms with E-state index in [1.807, 2.05) is 31.2 Å². The molecule has 5 heterocycles. The Morgan fingerprint density at radius 2 is 1.61 bits per heavy atom. The van der Waals surface area contributed by atoms with Gasteiger partial charge in [-0.25, -0.2) is 19.6 Å². The highest BCUT2D eigenvalue weighted by Gasteiger charge is 2.44. The highest BCUT2D eigenvalue weighted by molar-refractivity contribution is 7.13. The molecule has 7 rings (SSSR count). The lowest BCUT2D eigenvalue weighted by molar-refractivity contribution is -0.144. The van der Waals surface area contributed by atoms with E-state index in [0.29, 0.717) is 11.3 Å². The molecule has 420 valence electrons. The number of aliphatic hydroxyl groups excluding tert-OH is 1. The number of pyridine rings is 1. The summed E-state index contributed by atoms with van der Waals surface area (Å²) in [6, 6.07) is 14.6. The molecule has 79 heavy (non-hydrogen) atoms. The number of halogens is 3. The van der Waals surface area contributed by atoms with E-state index in [0.717, 1.165) is 28.0 Å². The Morgan fingerprint density at radius 3 is 2.28 bits per heavy atom. The number of alkyl halides is 3. The van der Waals surface area contributed by atoms with Gasteiger partial charge in [0.1, 0.15) is 37.3 Å². The number of benzene rings is 2. The van der Waals surface area contributed by atoms with Crippen LogP contribution in [0.15, 0.2) is 89.2 Å². The molecule has 0 saturated carbocycles. The number of nitrogens with zero attached hydrogens (tertiary/aromatic N) is 6. The summed E-state index contributed by atoms with van der Waals surface area (Å²) in [5.41, 5.74) is 9.77. The lowest BCUT2D eigenvalue weighted by Crippen LogP contribution is -2.58. The second-order valence-electron chi connectivity index (χ2n) is 19.1. The number of likely N-dealkylation sites (tertiary alicyclic amines) is 1. The maximum absolute atomic E-state index is 13.9. The van der Waals surface area contributed by atoms with Crippen LogP contribution in [0.1, 0.15) is 69.8 Å². The van der Waals surface area contributed by atoms with Crippen molar-refractivity contribution in [1.29, 1.82) is 0 Å². The van der Waals surface area contributed by atoms with Crippen molar-refractivity contribution in [1.82, 2.24) is 45.6 Å². The number of hydrogen-bond donors (Lipinski definition) is 7. The smallest absolute Gasteiger partial charge is 0.405 e. The van der Waals surface area contributed by atoms with E-state index in [-0.39, 0.29) is 100 Å². The monoisotopic (exact) mass is 1120 g/mol. The standard InChI is InChI=1S/C52H59F3N12O11S/c1-30-43(79-29-61-30)32-7-5-31(6-8-32)23-59-48(73)39-22-36(68)24-66(39)50(74)44(51(2,3)4)64-41(69)27-77-20-19-76-18-17-75-16-15-58-46(71)33-9-11-35(12-10-33)67-25-37(42(65-67)45(56)70)62-47(72)38-26-78-49(63-38)34-13-14-57-40(21-34)60-28-52(53,54)55/h5-14,21,25-26,29,36,39,44,68H,15-20,22-24,27-28H2,1-4H3,(H2,56,70)(H,57,60)(H,58,71)(H,59,73)(H,62,72)(H,64,69)/t36-,39+,44-/m1/s1. The number of β-amino-alcohol motifs (C(OH)–C–C–N with tert-alkyl or cyclic N) is 1. The minimum atomic E-state index is -4.47. The molecule has 0 aliphatic carbocycles. The van der Waals surface area contributed by atoms with Crippen LogP contribution in [0.2, 0.25) is 0 Å². The molecule has 27 heteroatoms. The van der Waals surface area contributed by atoms with Gasteiger partial charge >= 0.3 is 6.18 Å². The molecule has 1 aliphatic rings. The van der Waals surface area contributed by atoms with Gasteiger partial charge in [-0.15, -0.1) is 11.3 Å². The summed E-state index contributed by atoms with van der Waals surface area (Å²) >= 11 is 1.55. The average molecular weight is 1120 g/mol. The number of thiazole rings is 1. The lowest BCUT2D eigenvalue weighted by Gasteiger charge is -2.35. The first-order valence-corrected chi connectivity index (χ1v) is 25.6. The number of anilines is 2. The van der Waals surface area contributed by atoms with Crippen molar-refractivity contribution in [3.05, 3.63) is 113 Å². The van der Waals surface area contributed by atoms with Gasteiger partial charge in [0.05, 0.1) is 72.8 Å². The van der Waals surface area contributed by atoms with Crippen LogP contribution in [-0.4, -0.2) is 154 Å². The lowest BCUT2D eigenvalue weighted by atomic mass is 9.85. The van der Waals surface area contributed by atoms with E-state index in [2.05, 4.69) is 46.6 Å². The molecule has 3 atom stereocenters. The number of aliphatic hydroxyl groups is 1. The Balaban J connectivity index is 0.770. The van der Waals surface area contributed by atoms with Crippen LogP contribution in [0.3, 0.4) is 0 Å². The third kappa shape index (κ3) is 16.5. The number of nitrogens with one attached hydrogen (secondary N) is 5. The number of ether oxygens (including phenoxy) is 3. The van der Waals surface area contributed by atoms with Crippen molar-refractivity contribution in [3.8, 4) is 27.6 Å². The zero-order chi connectivity index (χ0) is 56.9. The molecule has 23 nitrogen and oxygen atoms in total. The molecule has 6 aromatic rings. The summed E-state index contributed by atoms with van der Waals surface area (Å²) in [7, 11) is 0. The Hall–Kier alpha value is -8.11. The second kappa shape index (κ2) is 26.5. The van der Waals surface area contributed by atoms with E-state index in [4.69, 9.17) is 24.4 Å². The van der Waals surface area contributed by atoms with Crippen molar-refractivity contribution in [2.45, 2.75) is 65.0 Å². The van der Waals surface area contributed by atoms with Gasteiger partial charge in [0.2, 0.25) is 23.6 Å². The summed E-state index contributed by atoms with van der Waals surface area (Å²) in [6.07, 6.45) is -1.74. The fourth-order valence-electron chi connectivity index (χ4n) is 8.02. The largest absolute Gasteiger partial charge is 0.444 e. The number of nitrogens with two attached hydrogens (primary N) is 1. The summed E-state index contributed by atoms with van der Waals surface area (Å²) in [5, 5.41) is 27.8. The van der Waals surface area contributed by atoms with E-state index >= 15 is 0 Å². The first-order chi connectivity index (χ1) is 37.6. The van der Waals surface area contributed by atoms with Crippen LogP contribution in [0.4, 0.5) is 24.7 Å². The van der Waals surface area contributed by atoms with Gasteiger partial charge in [-0.2, -0.15) is 18.3 Å². The molecule has 0 radical (unpaired) electrons. The summed E-state index contributed by atoms with van der Waals surface area (Å²) in [4.78, 5) is 93.2. The van der Waals surface area contributed by atoms with Crippen molar-refractivity contribution >= 4 is 58.3 Å². The first kappa shape index (κ1) is 58.6. The van der Waals surface area contributed by atoms with E-state index in [1.54, 1.807) is 49.8 Å². The zero-order valence-corrected chi connectivity index (χ0v) is 44.2. The number of oxazole rings is 1. The zero-order valence-electron chi connectivity index (χ0n) is 43.4. The van der Waals surface area contributed by atoms with Crippen molar-refractivity contribution in [2.24, 2.45) is 11.1 Å². The van der Waals surface area contributed by atoms with E-state index in [1.165, 1.54) is 46.2 Å². The number of primary amides is 1. The molecule has 4 aromatic heterocycles. The average Bonchev–Trinajstić information content (AvgIpc) is 4.29. The van der Waals surface area contributed by atoms with E-state index < -0.39 is 71.8 Å². The molecular formula is C52H59F3N12O11S. The van der Waals surface area contributed by atoms with E-state index in [9.17, 15) is 47.0 Å². The quantitative estimate of drug-likeness (QED) is 0.0394. The Labute approximate surface area is 454 Å². The maximum Gasteiger partial charge on any atom is 0.405 e. The number of carbonyl (C=O) groups is 6. The first-order valence-electron chi connectivity index (χ1n) is 24.7. The van der Waals surface area contributed by atoms with Crippen LogP contribution in [-0.2, 0) is 35.1 Å². The molecule has 2 aromatic carbocycles. The summed E-state index contributed by atoms with van der Waals surface area (Å²) < 4.78 is 61.2. The van der Waals surface area contributed by atoms with Gasteiger partial charge in [-0.1, -0.05) is 45.0 Å². The molecule has 8 N–H and O–H groups in total. The third-order valence-electron chi connectivity index (χ3n) is 12.0. The Kier molecular flexibility index (Phi) is 19.6. The molecule has 0 spiro atoms. The maximum atomic E-state index is 13.9. The Morgan fingerprint density at radius 1 is 0.899 bits per heavy atom. The van der Waals surface area contributed by atoms with Gasteiger partial charge < -0.3 is 61.0 Å².